The second-order valence-electron chi connectivity index (χ2n) is 18.7. The molecule has 1 saturated heterocycles. The van der Waals surface area contributed by atoms with Crippen LogP contribution in [0.25, 0.3) is 0 Å². The average molecular weight is 1080 g/mol. The van der Waals surface area contributed by atoms with Crippen LogP contribution in [-0.2, 0) is 38.0 Å². The van der Waals surface area contributed by atoms with Crippen LogP contribution < -0.4 is 18.9 Å². The van der Waals surface area contributed by atoms with Crippen molar-refractivity contribution in [2.45, 2.75) is 141 Å². The van der Waals surface area contributed by atoms with E-state index in [1.807, 2.05) is 0 Å². The maximum absolute atomic E-state index is 13.1. The molecule has 420 valence electrons. The van der Waals surface area contributed by atoms with E-state index in [2.05, 4.69) is 13.2 Å². The van der Waals surface area contributed by atoms with Gasteiger partial charge in [0.25, 0.3) is 12.6 Å². The molecular weight excluding hydrogens is 1000 g/mol. The highest BCUT2D eigenvalue weighted by atomic mass is 16.8. The van der Waals surface area contributed by atoms with Crippen LogP contribution in [-0.4, -0.2) is 88.0 Å². The molecule has 1 aliphatic rings. The normalized spacial score (nSPS) is 13.8. The first-order valence-electron chi connectivity index (χ1n) is 27.5. The molecule has 0 unspecified atom stereocenters. The van der Waals surface area contributed by atoms with Gasteiger partial charge in [0.2, 0.25) is 0 Å². The largest absolute Gasteiger partial charge is 0.494 e. The number of hydrogen-bond acceptors (Lipinski definition) is 16. The molecule has 16 nitrogen and oxygen atoms in total. The summed E-state index contributed by atoms with van der Waals surface area (Å²) in [5, 5.41) is 0. The monoisotopic (exact) mass is 1080 g/mol. The van der Waals surface area contributed by atoms with Crippen molar-refractivity contribution in [1.29, 1.82) is 0 Å². The Morgan fingerprint density at radius 2 is 0.615 bits per heavy atom. The predicted molar refractivity (Wildman–Crippen MR) is 292 cm³/mol. The van der Waals surface area contributed by atoms with Crippen LogP contribution in [0.3, 0.4) is 0 Å². The first-order valence-corrected chi connectivity index (χ1v) is 27.5. The summed E-state index contributed by atoms with van der Waals surface area (Å²) >= 11 is 0. The number of hydrogen-bond donors (Lipinski definition) is 0. The molecule has 1 aliphatic heterocycles. The SMILES string of the molecule is C=CC(=O)OCCCCCCCCCCCCOc1ccc(C(=O)Oc2ccc(C(=O)O[C@@H]3OCCO[C@H]3OC(=O)c3ccc(OC(=O)c4ccc(OCCCCCCCCCCCCOC(=O)C=C)cc4)cc3)cc2)cc1. The minimum Gasteiger partial charge on any atom is -0.494 e. The van der Waals surface area contributed by atoms with Gasteiger partial charge in [-0.2, -0.15) is 0 Å². The molecule has 0 spiro atoms. The topological polar surface area (TPSA) is 195 Å². The standard InChI is InChI=1S/C62H76O16/c1-3-55(63)71-43-23-19-15-11-7-5-9-13-17-21-41-69-51-33-25-47(26-34-51)57(65)75-53-37-29-49(30-38-53)59(67)77-61-62(74-46-45-73-61)78-60(68)50-31-39-54(40-32-50)76-58(66)48-27-35-52(36-28-48)70-42-22-18-14-10-6-8-12-16-20-24-44-72-56(64)4-2/h3-4,25-40,61-62H,1-2,5-24,41-46H2/t61-,62-/m0/s1. The van der Waals surface area contributed by atoms with Gasteiger partial charge in [0.05, 0.1) is 61.9 Å². The smallest absolute Gasteiger partial charge is 0.343 e. The Morgan fingerprint density at radius 1 is 0.359 bits per heavy atom. The van der Waals surface area contributed by atoms with E-state index in [0.717, 1.165) is 77.0 Å². The molecule has 0 amide bonds. The first-order chi connectivity index (χ1) is 38.1. The number of esters is 6. The molecule has 0 bridgehead atoms. The number of benzene rings is 4. The Balaban J connectivity index is 0.920. The molecule has 1 fully saturated rings. The molecule has 4 aromatic rings. The second kappa shape index (κ2) is 36.7. The molecule has 0 N–H and O–H groups in total. The van der Waals surface area contributed by atoms with Gasteiger partial charge >= 0.3 is 35.8 Å². The minimum atomic E-state index is -1.37. The zero-order valence-electron chi connectivity index (χ0n) is 44.9. The van der Waals surface area contributed by atoms with Gasteiger partial charge in [-0.3, -0.25) is 0 Å². The Kier molecular flexibility index (Phi) is 28.9. The van der Waals surface area contributed by atoms with Crippen molar-refractivity contribution in [2.24, 2.45) is 0 Å². The minimum absolute atomic E-state index is 0.0811. The van der Waals surface area contributed by atoms with Gasteiger partial charge in [0, 0.05) is 12.2 Å². The zero-order chi connectivity index (χ0) is 55.4. The highest BCUT2D eigenvalue weighted by Gasteiger charge is 2.34. The lowest BCUT2D eigenvalue weighted by molar-refractivity contribution is -0.288. The van der Waals surface area contributed by atoms with E-state index in [9.17, 15) is 28.8 Å². The maximum atomic E-state index is 13.1. The number of rotatable bonds is 38. The van der Waals surface area contributed by atoms with Crippen molar-refractivity contribution in [1.82, 2.24) is 0 Å². The molecule has 2 atom stereocenters. The van der Waals surface area contributed by atoms with Crippen molar-refractivity contribution < 1.29 is 76.1 Å². The van der Waals surface area contributed by atoms with Crippen LogP contribution in [0.2, 0.25) is 0 Å². The molecule has 78 heavy (non-hydrogen) atoms. The summed E-state index contributed by atoms with van der Waals surface area (Å²) in [7, 11) is 0. The summed E-state index contributed by atoms with van der Waals surface area (Å²) in [4.78, 5) is 74.1. The number of unbranched alkanes of at least 4 members (excludes halogenated alkanes) is 18. The molecule has 16 heteroatoms. The highest BCUT2D eigenvalue weighted by Crippen LogP contribution is 2.23. The van der Waals surface area contributed by atoms with E-state index in [1.54, 1.807) is 48.5 Å². The van der Waals surface area contributed by atoms with Crippen LogP contribution in [0.15, 0.2) is 122 Å². The van der Waals surface area contributed by atoms with Gasteiger partial charge in [-0.1, -0.05) is 116 Å². The molecule has 0 saturated carbocycles. The quantitative estimate of drug-likeness (QED) is 0.0135. The summed E-state index contributed by atoms with van der Waals surface area (Å²) in [6.45, 7) is 9.03. The van der Waals surface area contributed by atoms with Gasteiger partial charge in [-0.05, 0) is 123 Å². The van der Waals surface area contributed by atoms with Gasteiger partial charge in [-0.15, -0.1) is 0 Å². The summed E-state index contributed by atoms with van der Waals surface area (Å²) in [5.74, 6) is -1.75. The molecule has 4 aromatic carbocycles. The lowest BCUT2D eigenvalue weighted by Gasteiger charge is -2.30. The Morgan fingerprint density at radius 3 is 0.910 bits per heavy atom. The van der Waals surface area contributed by atoms with Crippen molar-refractivity contribution >= 4 is 35.8 Å². The second-order valence-corrected chi connectivity index (χ2v) is 18.7. The van der Waals surface area contributed by atoms with Crippen LogP contribution in [0, 0.1) is 0 Å². The molecule has 0 aromatic heterocycles. The first kappa shape index (κ1) is 61.6. The van der Waals surface area contributed by atoms with Gasteiger partial charge in [0.15, 0.2) is 0 Å². The van der Waals surface area contributed by atoms with Gasteiger partial charge in [0.1, 0.15) is 23.0 Å². The van der Waals surface area contributed by atoms with E-state index in [4.69, 9.17) is 47.4 Å². The summed E-state index contributed by atoms with van der Waals surface area (Å²) in [5.41, 5.74) is 0.894. The molecule has 1 heterocycles. The van der Waals surface area contributed by atoms with E-state index < -0.39 is 36.5 Å². The van der Waals surface area contributed by atoms with Crippen molar-refractivity contribution in [3.63, 3.8) is 0 Å². The number of carbonyl (C=O) groups is 6. The van der Waals surface area contributed by atoms with Crippen molar-refractivity contribution in [3.05, 3.63) is 145 Å². The average Bonchev–Trinajstić information content (AvgIpc) is 3.46. The zero-order valence-corrected chi connectivity index (χ0v) is 44.9. The van der Waals surface area contributed by atoms with E-state index in [0.29, 0.717) is 49.1 Å². The Bertz CT molecular complexity index is 2260. The predicted octanol–water partition coefficient (Wildman–Crippen LogP) is 12.9. The summed E-state index contributed by atoms with van der Waals surface area (Å²) in [6.07, 6.45) is 21.8. The lowest BCUT2D eigenvalue weighted by atomic mass is 10.1. The van der Waals surface area contributed by atoms with Crippen LogP contribution >= 0.6 is 0 Å². The molecule has 5 rings (SSSR count). The van der Waals surface area contributed by atoms with Crippen LogP contribution in [0.5, 0.6) is 23.0 Å². The van der Waals surface area contributed by atoms with E-state index in [-0.39, 0.29) is 47.8 Å². The lowest BCUT2D eigenvalue weighted by Crippen LogP contribution is -2.44. The highest BCUT2D eigenvalue weighted by molar-refractivity contribution is 5.93. The summed E-state index contributed by atoms with van der Waals surface area (Å²) < 4.78 is 55.0. The van der Waals surface area contributed by atoms with E-state index >= 15 is 0 Å². The van der Waals surface area contributed by atoms with Gasteiger partial charge < -0.3 is 47.4 Å². The van der Waals surface area contributed by atoms with Crippen molar-refractivity contribution in [3.8, 4) is 23.0 Å². The maximum Gasteiger partial charge on any atom is 0.343 e. The fourth-order valence-electron chi connectivity index (χ4n) is 8.12. The number of carbonyl (C=O) groups excluding carboxylic acids is 6. The third-order valence-electron chi connectivity index (χ3n) is 12.5. The molecule has 0 radical (unpaired) electrons. The fraction of sp³-hybridized carbons (Fsp3) is 0.452. The van der Waals surface area contributed by atoms with Crippen LogP contribution in [0.1, 0.15) is 170 Å². The van der Waals surface area contributed by atoms with Gasteiger partial charge in [-0.25, -0.2) is 28.8 Å². The Labute approximate surface area is 458 Å². The number of ether oxygens (including phenoxy) is 10. The third-order valence-corrected chi connectivity index (χ3v) is 12.5. The van der Waals surface area contributed by atoms with Crippen molar-refractivity contribution in [2.75, 3.05) is 39.6 Å². The Hall–Kier alpha value is -7.30. The fourth-order valence-corrected chi connectivity index (χ4v) is 8.12. The third kappa shape index (κ3) is 24.4. The van der Waals surface area contributed by atoms with E-state index in [1.165, 1.54) is 112 Å². The molecule has 0 aliphatic carbocycles. The molecular formula is C62H76O16. The summed E-state index contributed by atoms with van der Waals surface area (Å²) in [6, 6.07) is 25.0. The van der Waals surface area contributed by atoms with Crippen LogP contribution in [0.4, 0.5) is 0 Å².